The molecule has 0 atom stereocenters. The molecule has 2 aromatic heterocycles. The average Bonchev–Trinajstić information content (AvgIpc) is 3.61. The number of aryl methyl sites for hydroxylation is 2. The summed E-state index contributed by atoms with van der Waals surface area (Å²) in [6.07, 6.45) is 1.82. The van der Waals surface area contributed by atoms with Crippen LogP contribution in [-0.4, -0.2) is 45.5 Å². The molecule has 0 amide bonds. The van der Waals surface area contributed by atoms with Gasteiger partial charge in [0.15, 0.2) is 0 Å². The van der Waals surface area contributed by atoms with Gasteiger partial charge >= 0.3 is 0 Å². The standard InChI is InChI=1S/C33H30ClFN6/c1-21-16-23(17-22(2)31(21)35)20-40-30-19-25(34)18-27(32(30)38-33(40)39-14-12-36-13-15-39)29-10-11-37-41(29)28-9-5-7-24-6-3-4-8-26(24)28/h3-11,16-19,36H,12-15,20H2,1-2H3. The Kier molecular flexibility index (Phi) is 6.48. The lowest BCUT2D eigenvalue weighted by Gasteiger charge is -2.29. The van der Waals surface area contributed by atoms with Crippen molar-refractivity contribution >= 4 is 39.4 Å². The summed E-state index contributed by atoms with van der Waals surface area (Å²) >= 11 is 6.83. The van der Waals surface area contributed by atoms with Crippen LogP contribution in [0.25, 0.3) is 38.8 Å². The molecule has 1 fully saturated rings. The average molecular weight is 565 g/mol. The van der Waals surface area contributed by atoms with Gasteiger partial charge in [-0.1, -0.05) is 60.1 Å². The molecule has 0 aliphatic carbocycles. The van der Waals surface area contributed by atoms with E-state index in [1.54, 1.807) is 0 Å². The van der Waals surface area contributed by atoms with Crippen LogP contribution < -0.4 is 10.2 Å². The number of rotatable bonds is 5. The number of halogens is 2. The maximum atomic E-state index is 14.5. The number of piperazine rings is 1. The first kappa shape index (κ1) is 25.7. The summed E-state index contributed by atoms with van der Waals surface area (Å²) in [6.45, 7) is 7.67. The Morgan fingerprint density at radius 3 is 2.49 bits per heavy atom. The van der Waals surface area contributed by atoms with Crippen LogP contribution in [0, 0.1) is 19.7 Å². The number of hydrogen-bond acceptors (Lipinski definition) is 4. The minimum absolute atomic E-state index is 0.154. The van der Waals surface area contributed by atoms with Crippen LogP contribution in [0.1, 0.15) is 16.7 Å². The first-order chi connectivity index (χ1) is 20.0. The molecular weight excluding hydrogens is 535 g/mol. The van der Waals surface area contributed by atoms with E-state index in [2.05, 4.69) is 45.1 Å². The first-order valence-corrected chi connectivity index (χ1v) is 14.3. The lowest BCUT2D eigenvalue weighted by Crippen LogP contribution is -2.44. The molecule has 0 unspecified atom stereocenters. The van der Waals surface area contributed by atoms with Gasteiger partial charge in [0.2, 0.25) is 5.95 Å². The summed E-state index contributed by atoms with van der Waals surface area (Å²) in [4.78, 5) is 7.60. The Hall–Kier alpha value is -4.20. The molecule has 1 aliphatic heterocycles. The van der Waals surface area contributed by atoms with E-state index in [9.17, 15) is 4.39 Å². The maximum Gasteiger partial charge on any atom is 0.206 e. The Balaban J connectivity index is 1.44. The molecule has 0 bridgehead atoms. The monoisotopic (exact) mass is 564 g/mol. The van der Waals surface area contributed by atoms with Gasteiger partial charge in [-0.05, 0) is 60.2 Å². The molecule has 0 radical (unpaired) electrons. The van der Waals surface area contributed by atoms with E-state index in [4.69, 9.17) is 21.7 Å². The molecule has 0 spiro atoms. The van der Waals surface area contributed by atoms with Crippen molar-refractivity contribution in [3.63, 3.8) is 0 Å². The smallest absolute Gasteiger partial charge is 0.206 e. The molecule has 0 saturated carbocycles. The fraction of sp³-hybridized carbons (Fsp3) is 0.212. The highest BCUT2D eigenvalue weighted by Crippen LogP contribution is 2.37. The van der Waals surface area contributed by atoms with Crippen molar-refractivity contribution < 1.29 is 4.39 Å². The number of aromatic nitrogens is 4. The molecule has 7 rings (SSSR count). The van der Waals surface area contributed by atoms with Gasteiger partial charge in [-0.2, -0.15) is 5.10 Å². The van der Waals surface area contributed by atoms with Crippen molar-refractivity contribution in [3.05, 3.63) is 107 Å². The van der Waals surface area contributed by atoms with Crippen LogP contribution in [0.4, 0.5) is 10.3 Å². The third kappa shape index (κ3) is 4.55. The lowest BCUT2D eigenvalue weighted by atomic mass is 10.1. The van der Waals surface area contributed by atoms with E-state index in [0.29, 0.717) is 22.7 Å². The van der Waals surface area contributed by atoms with E-state index >= 15 is 0 Å². The largest absolute Gasteiger partial charge is 0.340 e. The zero-order chi connectivity index (χ0) is 28.1. The van der Waals surface area contributed by atoms with E-state index < -0.39 is 0 Å². The summed E-state index contributed by atoms with van der Waals surface area (Å²) < 4.78 is 18.7. The van der Waals surface area contributed by atoms with Crippen LogP contribution >= 0.6 is 11.6 Å². The van der Waals surface area contributed by atoms with Gasteiger partial charge in [-0.15, -0.1) is 0 Å². The van der Waals surface area contributed by atoms with E-state index in [-0.39, 0.29) is 5.82 Å². The molecule has 3 heterocycles. The Labute approximate surface area is 243 Å². The van der Waals surface area contributed by atoms with Gasteiger partial charge in [-0.3, -0.25) is 0 Å². The molecule has 8 heteroatoms. The fourth-order valence-corrected chi connectivity index (χ4v) is 6.25. The normalized spacial score (nSPS) is 13.9. The molecule has 206 valence electrons. The number of fused-ring (bicyclic) bond motifs is 2. The number of anilines is 1. The topological polar surface area (TPSA) is 50.9 Å². The second-order valence-electron chi connectivity index (χ2n) is 10.7. The van der Waals surface area contributed by atoms with Crippen LogP contribution in [0.15, 0.2) is 79.0 Å². The fourth-order valence-electron chi connectivity index (χ4n) is 6.04. The van der Waals surface area contributed by atoms with Crippen LogP contribution in [0.3, 0.4) is 0 Å². The van der Waals surface area contributed by atoms with Crippen molar-refractivity contribution in [2.45, 2.75) is 20.4 Å². The van der Waals surface area contributed by atoms with Crippen molar-refractivity contribution in [3.8, 4) is 16.9 Å². The van der Waals surface area contributed by atoms with Crippen molar-refractivity contribution in [1.82, 2.24) is 24.6 Å². The zero-order valence-electron chi connectivity index (χ0n) is 23.0. The van der Waals surface area contributed by atoms with Crippen LogP contribution in [0.2, 0.25) is 5.02 Å². The predicted molar refractivity (Wildman–Crippen MR) is 165 cm³/mol. The zero-order valence-corrected chi connectivity index (χ0v) is 23.8. The summed E-state index contributed by atoms with van der Waals surface area (Å²) in [6, 6.07) is 24.4. The lowest BCUT2D eigenvalue weighted by molar-refractivity contribution is 0.571. The quantitative estimate of drug-likeness (QED) is 0.247. The van der Waals surface area contributed by atoms with Gasteiger partial charge in [0, 0.05) is 42.2 Å². The third-order valence-corrected chi connectivity index (χ3v) is 8.17. The number of nitrogens with one attached hydrogen (secondary N) is 1. The van der Waals surface area contributed by atoms with Crippen molar-refractivity contribution in [2.75, 3.05) is 31.1 Å². The van der Waals surface area contributed by atoms with Crippen LogP contribution in [0.5, 0.6) is 0 Å². The number of imidazole rings is 1. The van der Waals surface area contributed by atoms with Gasteiger partial charge in [0.05, 0.1) is 29.6 Å². The summed E-state index contributed by atoms with van der Waals surface area (Å²) in [5.41, 5.74) is 6.94. The highest BCUT2D eigenvalue weighted by molar-refractivity contribution is 6.31. The molecule has 1 aliphatic rings. The SMILES string of the molecule is Cc1cc(Cn2c(N3CCNCC3)nc3c(-c4ccnn4-c4cccc5ccccc45)cc(Cl)cc32)cc(C)c1F. The minimum Gasteiger partial charge on any atom is -0.340 e. The van der Waals surface area contributed by atoms with Crippen molar-refractivity contribution in [2.24, 2.45) is 0 Å². The minimum atomic E-state index is -0.154. The van der Waals surface area contributed by atoms with E-state index in [1.807, 2.05) is 67.2 Å². The number of nitrogens with zero attached hydrogens (tertiary/aromatic N) is 5. The summed E-state index contributed by atoms with van der Waals surface area (Å²) in [5.74, 6) is 0.736. The summed E-state index contributed by atoms with van der Waals surface area (Å²) in [5, 5.41) is 11.1. The van der Waals surface area contributed by atoms with Gasteiger partial charge in [0.25, 0.3) is 0 Å². The van der Waals surface area contributed by atoms with Gasteiger partial charge in [-0.25, -0.2) is 14.1 Å². The van der Waals surface area contributed by atoms with E-state index in [1.165, 1.54) is 0 Å². The number of hydrogen-bond donors (Lipinski definition) is 1. The number of benzene rings is 4. The van der Waals surface area contributed by atoms with Crippen LogP contribution in [-0.2, 0) is 6.54 Å². The molecule has 41 heavy (non-hydrogen) atoms. The summed E-state index contributed by atoms with van der Waals surface area (Å²) in [7, 11) is 0. The Morgan fingerprint density at radius 1 is 0.927 bits per heavy atom. The Bertz CT molecular complexity index is 1890. The molecular formula is C33H30ClFN6. The predicted octanol–water partition coefficient (Wildman–Crippen LogP) is 6.91. The highest BCUT2D eigenvalue weighted by atomic mass is 35.5. The van der Waals surface area contributed by atoms with Gasteiger partial charge in [0.1, 0.15) is 11.3 Å². The molecule has 1 N–H and O–H groups in total. The molecule has 6 aromatic rings. The second kappa shape index (κ2) is 10.3. The van der Waals surface area contributed by atoms with Crippen molar-refractivity contribution in [1.29, 1.82) is 0 Å². The van der Waals surface area contributed by atoms with Gasteiger partial charge < -0.3 is 14.8 Å². The Morgan fingerprint density at radius 2 is 1.68 bits per heavy atom. The van der Waals surface area contributed by atoms with E-state index in [0.717, 1.165) is 76.4 Å². The molecule has 1 saturated heterocycles. The third-order valence-electron chi connectivity index (χ3n) is 7.95. The first-order valence-electron chi connectivity index (χ1n) is 13.9. The highest BCUT2D eigenvalue weighted by Gasteiger charge is 2.24. The maximum absolute atomic E-state index is 14.5. The molecule has 6 nitrogen and oxygen atoms in total. The molecule has 4 aromatic carbocycles. The second-order valence-corrected chi connectivity index (χ2v) is 11.2.